The highest BCUT2D eigenvalue weighted by Crippen LogP contribution is 2.08. The van der Waals surface area contributed by atoms with Crippen molar-refractivity contribution in [2.24, 2.45) is 0 Å². The van der Waals surface area contributed by atoms with E-state index in [1.54, 1.807) is 24.3 Å². The maximum atomic E-state index is 11.5. The van der Waals surface area contributed by atoms with Crippen LogP contribution in [-0.4, -0.2) is 49.3 Å². The number of carboxylic acid groups (broad SMARTS) is 1. The van der Waals surface area contributed by atoms with E-state index >= 15 is 0 Å². The van der Waals surface area contributed by atoms with Gasteiger partial charge in [0.2, 0.25) is 5.91 Å². The maximum Gasteiger partial charge on any atom is 0.334 e. The van der Waals surface area contributed by atoms with Gasteiger partial charge in [-0.25, -0.2) is 9.59 Å². The van der Waals surface area contributed by atoms with E-state index in [4.69, 9.17) is 16.7 Å². The van der Waals surface area contributed by atoms with Crippen molar-refractivity contribution in [3.05, 3.63) is 34.9 Å². The fourth-order valence-corrected chi connectivity index (χ4v) is 1.67. The molecule has 0 aliphatic carbocycles. The Morgan fingerprint density at radius 3 is 2.39 bits per heavy atom. The highest BCUT2D eigenvalue weighted by molar-refractivity contribution is 6.30. The van der Waals surface area contributed by atoms with Gasteiger partial charge in [-0.05, 0) is 17.7 Å². The monoisotopic (exact) mass is 343 g/mol. The standard InChI is InChI=1S/C14H18ClN3O5/c1-23-11(13(20)21)7-16-12(19)8-18-14(22)17-6-9-2-4-10(15)5-3-9/h2-5,11H,6-8H2,1H3,(H,16,19)(H,20,21)(H2,17,18,22). The van der Waals surface area contributed by atoms with Crippen molar-refractivity contribution in [3.8, 4) is 0 Å². The van der Waals surface area contributed by atoms with Gasteiger partial charge in [0.05, 0.1) is 13.1 Å². The number of amides is 3. The first-order chi connectivity index (χ1) is 10.9. The second kappa shape index (κ2) is 9.65. The average molecular weight is 344 g/mol. The largest absolute Gasteiger partial charge is 0.479 e. The smallest absolute Gasteiger partial charge is 0.334 e. The van der Waals surface area contributed by atoms with E-state index < -0.39 is 24.0 Å². The molecular formula is C14H18ClN3O5. The van der Waals surface area contributed by atoms with Gasteiger partial charge in [-0.1, -0.05) is 23.7 Å². The normalized spacial score (nSPS) is 11.4. The van der Waals surface area contributed by atoms with Gasteiger partial charge in [-0.3, -0.25) is 4.79 Å². The molecule has 0 aliphatic heterocycles. The van der Waals surface area contributed by atoms with Gasteiger partial charge < -0.3 is 25.8 Å². The van der Waals surface area contributed by atoms with Crippen LogP contribution in [0.3, 0.4) is 0 Å². The third kappa shape index (κ3) is 7.48. The van der Waals surface area contributed by atoms with Crippen LogP contribution in [0.25, 0.3) is 0 Å². The lowest BCUT2D eigenvalue weighted by molar-refractivity contribution is -0.148. The minimum Gasteiger partial charge on any atom is -0.479 e. The van der Waals surface area contributed by atoms with Crippen LogP contribution < -0.4 is 16.0 Å². The van der Waals surface area contributed by atoms with Gasteiger partial charge >= 0.3 is 12.0 Å². The molecule has 1 aromatic carbocycles. The molecule has 0 heterocycles. The molecule has 0 radical (unpaired) electrons. The molecule has 1 rings (SSSR count). The lowest BCUT2D eigenvalue weighted by Crippen LogP contribution is -2.44. The number of hydrogen-bond acceptors (Lipinski definition) is 4. The van der Waals surface area contributed by atoms with Crippen molar-refractivity contribution in [3.63, 3.8) is 0 Å². The molecule has 0 aliphatic rings. The van der Waals surface area contributed by atoms with Gasteiger partial charge in [-0.2, -0.15) is 0 Å². The number of benzene rings is 1. The molecule has 23 heavy (non-hydrogen) atoms. The van der Waals surface area contributed by atoms with Crippen molar-refractivity contribution in [2.45, 2.75) is 12.6 Å². The van der Waals surface area contributed by atoms with E-state index in [9.17, 15) is 14.4 Å². The number of nitrogens with one attached hydrogen (secondary N) is 3. The van der Waals surface area contributed by atoms with Gasteiger partial charge in [0.25, 0.3) is 0 Å². The minimum absolute atomic E-state index is 0.182. The molecule has 1 unspecified atom stereocenters. The molecule has 0 saturated heterocycles. The summed E-state index contributed by atoms with van der Waals surface area (Å²) in [6.07, 6.45) is -1.13. The van der Waals surface area contributed by atoms with E-state index in [-0.39, 0.29) is 19.6 Å². The first kappa shape index (κ1) is 18.7. The van der Waals surface area contributed by atoms with Crippen LogP contribution in [0.15, 0.2) is 24.3 Å². The lowest BCUT2D eigenvalue weighted by Gasteiger charge is -2.12. The predicted molar refractivity (Wildman–Crippen MR) is 83.1 cm³/mol. The second-order valence-electron chi connectivity index (χ2n) is 4.53. The highest BCUT2D eigenvalue weighted by Gasteiger charge is 2.17. The van der Waals surface area contributed by atoms with Crippen LogP contribution in [0.5, 0.6) is 0 Å². The zero-order chi connectivity index (χ0) is 17.2. The molecule has 1 aromatic rings. The summed E-state index contributed by atoms with van der Waals surface area (Å²) in [7, 11) is 1.23. The molecule has 0 spiro atoms. The quantitative estimate of drug-likeness (QED) is 0.543. The Balaban J connectivity index is 2.23. The van der Waals surface area contributed by atoms with E-state index in [1.807, 2.05) is 0 Å². The molecule has 126 valence electrons. The second-order valence-corrected chi connectivity index (χ2v) is 4.97. The summed E-state index contributed by atoms with van der Waals surface area (Å²) in [5, 5.41) is 16.6. The number of aliphatic carboxylic acids is 1. The zero-order valence-corrected chi connectivity index (χ0v) is 13.2. The van der Waals surface area contributed by atoms with Crippen molar-refractivity contribution in [1.29, 1.82) is 0 Å². The first-order valence-corrected chi connectivity index (χ1v) is 7.08. The third-order valence-electron chi connectivity index (χ3n) is 2.82. The number of methoxy groups -OCH3 is 1. The van der Waals surface area contributed by atoms with Gasteiger partial charge in [0.1, 0.15) is 0 Å². The molecule has 8 nitrogen and oxygen atoms in total. The molecular weight excluding hydrogens is 326 g/mol. The van der Waals surface area contributed by atoms with Crippen LogP contribution in [0, 0.1) is 0 Å². The van der Waals surface area contributed by atoms with E-state index in [0.717, 1.165) is 5.56 Å². The number of carboxylic acids is 1. The predicted octanol–water partition coefficient (Wildman–Crippen LogP) is 0.355. The summed E-state index contributed by atoms with van der Waals surface area (Å²) < 4.78 is 4.66. The molecule has 0 bridgehead atoms. The van der Waals surface area contributed by atoms with Crippen LogP contribution in [0.4, 0.5) is 4.79 Å². The zero-order valence-electron chi connectivity index (χ0n) is 12.5. The molecule has 0 aromatic heterocycles. The Morgan fingerprint density at radius 2 is 1.83 bits per heavy atom. The highest BCUT2D eigenvalue weighted by atomic mass is 35.5. The Kier molecular flexibility index (Phi) is 7.86. The van der Waals surface area contributed by atoms with Gasteiger partial charge in [0.15, 0.2) is 6.10 Å². The van der Waals surface area contributed by atoms with Crippen molar-refractivity contribution >= 4 is 29.5 Å². The summed E-state index contributed by atoms with van der Waals surface area (Å²) in [5.74, 6) is -1.70. The average Bonchev–Trinajstić information content (AvgIpc) is 2.52. The number of halogens is 1. The summed E-state index contributed by atoms with van der Waals surface area (Å²) in [6.45, 7) is -0.170. The lowest BCUT2D eigenvalue weighted by atomic mass is 10.2. The van der Waals surface area contributed by atoms with Crippen LogP contribution in [0.1, 0.15) is 5.56 Å². The van der Waals surface area contributed by atoms with Crippen molar-refractivity contribution in [2.75, 3.05) is 20.2 Å². The number of carbonyl (C=O) groups excluding carboxylic acids is 2. The number of ether oxygens (including phenoxy) is 1. The summed E-state index contributed by atoms with van der Waals surface area (Å²) in [4.78, 5) is 33.7. The molecule has 3 amide bonds. The Bertz CT molecular complexity index is 550. The van der Waals surface area contributed by atoms with Crippen molar-refractivity contribution in [1.82, 2.24) is 16.0 Å². The van der Waals surface area contributed by atoms with E-state index in [0.29, 0.717) is 5.02 Å². The molecule has 9 heteroatoms. The molecule has 4 N–H and O–H groups in total. The SMILES string of the molecule is COC(CNC(=O)CNC(=O)NCc1ccc(Cl)cc1)C(=O)O. The Morgan fingerprint density at radius 1 is 1.17 bits per heavy atom. The van der Waals surface area contributed by atoms with Crippen LogP contribution in [-0.2, 0) is 20.9 Å². The minimum atomic E-state index is -1.18. The van der Waals surface area contributed by atoms with E-state index in [1.165, 1.54) is 7.11 Å². The van der Waals surface area contributed by atoms with Gasteiger partial charge in [-0.15, -0.1) is 0 Å². The van der Waals surface area contributed by atoms with Crippen LogP contribution >= 0.6 is 11.6 Å². The summed E-state index contributed by atoms with van der Waals surface area (Å²) in [6, 6.07) is 6.44. The number of hydrogen-bond donors (Lipinski definition) is 4. The number of urea groups is 1. The molecule has 0 fully saturated rings. The Labute approximate surface area is 138 Å². The topological polar surface area (TPSA) is 117 Å². The summed E-state index contributed by atoms with van der Waals surface area (Å²) >= 11 is 5.75. The molecule has 1 atom stereocenters. The van der Waals surface area contributed by atoms with E-state index in [2.05, 4.69) is 20.7 Å². The third-order valence-corrected chi connectivity index (χ3v) is 3.07. The first-order valence-electron chi connectivity index (χ1n) is 6.70. The molecule has 0 saturated carbocycles. The van der Waals surface area contributed by atoms with Crippen LogP contribution in [0.2, 0.25) is 5.02 Å². The van der Waals surface area contributed by atoms with Crippen molar-refractivity contribution < 1.29 is 24.2 Å². The Hall–Kier alpha value is -2.32. The fourth-order valence-electron chi connectivity index (χ4n) is 1.55. The van der Waals surface area contributed by atoms with Gasteiger partial charge in [0, 0.05) is 18.7 Å². The number of rotatable bonds is 8. The number of carbonyl (C=O) groups is 3. The fraction of sp³-hybridized carbons (Fsp3) is 0.357. The maximum absolute atomic E-state index is 11.5. The summed E-state index contributed by atoms with van der Waals surface area (Å²) in [5.41, 5.74) is 0.860.